The molecule has 1 saturated heterocycles. The van der Waals surface area contributed by atoms with Crippen LogP contribution in [0, 0.1) is 17.6 Å². The number of halogens is 2. The van der Waals surface area contributed by atoms with Gasteiger partial charge < -0.3 is 19.9 Å². The van der Waals surface area contributed by atoms with E-state index < -0.39 is 38.7 Å². The summed E-state index contributed by atoms with van der Waals surface area (Å²) in [6, 6.07) is 0.965. The Labute approximate surface area is 184 Å². The van der Waals surface area contributed by atoms with Crippen LogP contribution in [0.3, 0.4) is 0 Å². The van der Waals surface area contributed by atoms with Crippen LogP contribution in [0.4, 0.5) is 14.5 Å². The van der Waals surface area contributed by atoms with Gasteiger partial charge >= 0.3 is 5.97 Å². The van der Waals surface area contributed by atoms with Crippen LogP contribution in [-0.2, 0) is 16.7 Å². The molecule has 2 heterocycles. The number of benzene rings is 1. The van der Waals surface area contributed by atoms with Crippen molar-refractivity contribution in [3.8, 4) is 0 Å². The summed E-state index contributed by atoms with van der Waals surface area (Å²) in [5.74, 6) is -2.78. The van der Waals surface area contributed by atoms with Crippen molar-refractivity contribution in [1.82, 2.24) is 9.88 Å². The van der Waals surface area contributed by atoms with Gasteiger partial charge in [-0.25, -0.2) is 13.6 Å². The Kier molecular flexibility index (Phi) is 8.32. The van der Waals surface area contributed by atoms with Crippen LogP contribution in [0.25, 0.3) is 10.9 Å². The number of aryl methyl sites for hydroxylation is 1. The van der Waals surface area contributed by atoms with E-state index in [-0.39, 0.29) is 23.1 Å². The monoisotopic (exact) mass is 475 g/mol. The van der Waals surface area contributed by atoms with Gasteiger partial charge in [0.15, 0.2) is 5.82 Å². The molecule has 1 atom stereocenters. The first kappa shape index (κ1) is 25.7. The summed E-state index contributed by atoms with van der Waals surface area (Å²) in [6.07, 6.45) is 2.66. The first-order chi connectivity index (χ1) is 14.9. The molecule has 3 rings (SSSR count). The average Bonchev–Trinajstić information content (AvgIpc) is 3.14. The molecule has 1 aliphatic heterocycles. The van der Waals surface area contributed by atoms with Gasteiger partial charge in [-0.2, -0.15) is 8.42 Å². The molecule has 178 valence electrons. The normalized spacial score (nSPS) is 16.2. The Morgan fingerprint density at radius 1 is 1.31 bits per heavy atom. The quantitative estimate of drug-likeness (QED) is 0.541. The van der Waals surface area contributed by atoms with Crippen molar-refractivity contribution in [1.29, 1.82) is 0 Å². The number of carbonyl (C=O) groups is 1. The van der Waals surface area contributed by atoms with Crippen LogP contribution in [0.1, 0.15) is 30.6 Å². The molecule has 12 heteroatoms. The maximum atomic E-state index is 15.3. The van der Waals surface area contributed by atoms with E-state index in [0.717, 1.165) is 31.8 Å². The maximum absolute atomic E-state index is 15.3. The number of rotatable bonds is 6. The number of hydrogen-bond donors (Lipinski definition) is 3. The van der Waals surface area contributed by atoms with Crippen molar-refractivity contribution < 1.29 is 31.7 Å². The number of carboxylic acids is 1. The van der Waals surface area contributed by atoms with Gasteiger partial charge in [-0.05, 0) is 38.4 Å². The number of anilines is 1. The van der Waals surface area contributed by atoms with E-state index in [1.54, 1.807) is 11.8 Å². The third-order valence-corrected chi connectivity index (χ3v) is 5.09. The number of nitrogens with zero attached hydrogens (tertiary/aromatic N) is 2. The van der Waals surface area contributed by atoms with Crippen LogP contribution >= 0.6 is 0 Å². The lowest BCUT2D eigenvalue weighted by molar-refractivity contribution is 0.0694. The molecule has 0 aliphatic carbocycles. The average molecular weight is 476 g/mol. The van der Waals surface area contributed by atoms with Crippen LogP contribution < -0.4 is 15.6 Å². The lowest BCUT2D eigenvalue weighted by Gasteiger charge is -2.22. The number of carboxylic acid groups (broad SMARTS) is 1. The molecule has 0 spiro atoms. The predicted molar refractivity (Wildman–Crippen MR) is 117 cm³/mol. The second-order valence-corrected chi connectivity index (χ2v) is 8.99. The van der Waals surface area contributed by atoms with Gasteiger partial charge in [0.1, 0.15) is 17.1 Å². The fourth-order valence-electron chi connectivity index (χ4n) is 3.72. The molecule has 1 unspecified atom stereocenters. The summed E-state index contributed by atoms with van der Waals surface area (Å²) < 4.78 is 57.3. The van der Waals surface area contributed by atoms with Crippen molar-refractivity contribution in [2.24, 2.45) is 5.92 Å². The summed E-state index contributed by atoms with van der Waals surface area (Å²) in [6.45, 7) is 6.64. The van der Waals surface area contributed by atoms with Gasteiger partial charge in [0.2, 0.25) is 5.43 Å². The molecular weight excluding hydrogens is 448 g/mol. The van der Waals surface area contributed by atoms with Crippen LogP contribution in [0.15, 0.2) is 17.1 Å². The van der Waals surface area contributed by atoms with Crippen molar-refractivity contribution in [2.45, 2.75) is 26.8 Å². The van der Waals surface area contributed by atoms with Crippen LogP contribution in [0.5, 0.6) is 0 Å². The van der Waals surface area contributed by atoms with E-state index in [4.69, 9.17) is 4.55 Å². The molecule has 1 aromatic heterocycles. The zero-order valence-electron chi connectivity index (χ0n) is 18.1. The third-order valence-electron chi connectivity index (χ3n) is 5.09. The van der Waals surface area contributed by atoms with Gasteiger partial charge in [0.25, 0.3) is 10.1 Å². The minimum atomic E-state index is -3.67. The lowest BCUT2D eigenvalue weighted by Crippen LogP contribution is -2.28. The van der Waals surface area contributed by atoms with Crippen molar-refractivity contribution in [3.63, 3.8) is 0 Å². The highest BCUT2D eigenvalue weighted by atomic mass is 32.2. The minimum absolute atomic E-state index is 0.0565. The van der Waals surface area contributed by atoms with Gasteiger partial charge in [-0.1, -0.05) is 6.92 Å². The van der Waals surface area contributed by atoms with E-state index in [0.29, 0.717) is 25.3 Å². The standard InChI is InChI=1S/C19H23F2N3O3.CH4O3S/c1-3-22-8-11-5-6-24(9-11)17-14(20)7-12-16(15(17)21)23(4-2)10-13(18(12)25)19(26)27;1-5(2,3)4/h7,10-11,22H,3-6,8-9H2,1-2H3,(H,26,27);1H3,(H,2,3,4). The van der Waals surface area contributed by atoms with Crippen LogP contribution in [0.2, 0.25) is 0 Å². The second kappa shape index (κ2) is 10.4. The van der Waals surface area contributed by atoms with E-state index in [1.807, 2.05) is 6.92 Å². The summed E-state index contributed by atoms with van der Waals surface area (Å²) >= 11 is 0. The fraction of sp³-hybridized carbons (Fsp3) is 0.500. The largest absolute Gasteiger partial charge is 0.477 e. The zero-order chi connectivity index (χ0) is 24.2. The van der Waals surface area contributed by atoms with Gasteiger partial charge in [-0.3, -0.25) is 9.35 Å². The lowest BCUT2D eigenvalue weighted by atomic mass is 10.1. The van der Waals surface area contributed by atoms with E-state index in [9.17, 15) is 27.5 Å². The molecule has 9 nitrogen and oxygen atoms in total. The minimum Gasteiger partial charge on any atom is -0.477 e. The molecule has 1 aliphatic rings. The molecule has 32 heavy (non-hydrogen) atoms. The number of fused-ring (bicyclic) bond motifs is 1. The van der Waals surface area contributed by atoms with Gasteiger partial charge in [0, 0.05) is 25.8 Å². The zero-order valence-corrected chi connectivity index (χ0v) is 18.9. The molecular formula is C20H27F2N3O6S. The molecule has 0 saturated carbocycles. The molecule has 2 aromatic rings. The third kappa shape index (κ3) is 6.02. The number of hydrogen-bond acceptors (Lipinski definition) is 6. The molecule has 0 amide bonds. The van der Waals surface area contributed by atoms with E-state index >= 15 is 4.39 Å². The Morgan fingerprint density at radius 2 is 1.94 bits per heavy atom. The smallest absolute Gasteiger partial charge is 0.341 e. The van der Waals surface area contributed by atoms with E-state index in [2.05, 4.69) is 5.32 Å². The highest BCUT2D eigenvalue weighted by Crippen LogP contribution is 2.33. The Morgan fingerprint density at radius 3 is 2.47 bits per heavy atom. The summed E-state index contributed by atoms with van der Waals surface area (Å²) in [4.78, 5) is 25.4. The first-order valence-electron chi connectivity index (χ1n) is 10.1. The summed E-state index contributed by atoms with van der Waals surface area (Å²) in [7, 11) is -3.67. The highest BCUT2D eigenvalue weighted by molar-refractivity contribution is 7.85. The number of pyridine rings is 1. The summed E-state index contributed by atoms with van der Waals surface area (Å²) in [5.41, 5.74) is -1.58. The molecule has 0 bridgehead atoms. The number of aromatic nitrogens is 1. The Bertz CT molecular complexity index is 1160. The van der Waals surface area contributed by atoms with Crippen molar-refractivity contribution >= 4 is 32.7 Å². The fourth-order valence-corrected chi connectivity index (χ4v) is 3.72. The maximum Gasteiger partial charge on any atom is 0.341 e. The number of aromatic carboxylic acids is 1. The molecule has 3 N–H and O–H groups in total. The van der Waals surface area contributed by atoms with Gasteiger partial charge in [-0.15, -0.1) is 0 Å². The Hall–Kier alpha value is -2.57. The SMILES string of the molecule is CCNCC1CCN(c2c(F)cc3c(=O)c(C(=O)O)cn(CC)c3c2F)C1.CS(=O)(=O)O. The first-order valence-corrected chi connectivity index (χ1v) is 11.9. The predicted octanol–water partition coefficient (Wildman–Crippen LogP) is 1.94. The highest BCUT2D eigenvalue weighted by Gasteiger charge is 2.29. The Balaban J connectivity index is 0.000000654. The molecule has 1 aromatic carbocycles. The topological polar surface area (TPSA) is 129 Å². The molecule has 1 fully saturated rings. The van der Waals surface area contributed by atoms with Crippen molar-refractivity contribution in [3.05, 3.63) is 39.7 Å². The van der Waals surface area contributed by atoms with E-state index in [1.165, 1.54) is 4.57 Å². The number of nitrogens with one attached hydrogen (secondary N) is 1. The van der Waals surface area contributed by atoms with Crippen LogP contribution in [-0.4, -0.2) is 61.0 Å². The van der Waals surface area contributed by atoms with Gasteiger partial charge in [0.05, 0.1) is 17.2 Å². The van der Waals surface area contributed by atoms with Crippen molar-refractivity contribution in [2.75, 3.05) is 37.3 Å². The molecule has 0 radical (unpaired) electrons. The second-order valence-electron chi connectivity index (χ2n) is 7.52. The summed E-state index contributed by atoms with van der Waals surface area (Å²) in [5, 5.41) is 12.2.